The molecule has 1 aromatic heterocycles. The zero-order valence-electron chi connectivity index (χ0n) is 11.9. The molecule has 0 aliphatic carbocycles. The molecule has 21 heavy (non-hydrogen) atoms. The van der Waals surface area contributed by atoms with E-state index in [1.165, 1.54) is 13.0 Å². The van der Waals surface area contributed by atoms with E-state index in [1.54, 1.807) is 48.1 Å². The van der Waals surface area contributed by atoms with Crippen LogP contribution in [-0.4, -0.2) is 11.7 Å². The first-order valence-corrected chi connectivity index (χ1v) is 6.52. The highest BCUT2D eigenvalue weighted by molar-refractivity contribution is 5.93. The minimum absolute atomic E-state index is 0.0522. The molecule has 2 aromatic rings. The van der Waals surface area contributed by atoms with Gasteiger partial charge in [-0.05, 0) is 37.6 Å². The fourth-order valence-electron chi connectivity index (χ4n) is 1.87. The molecule has 0 aliphatic heterocycles. The number of amides is 1. The van der Waals surface area contributed by atoms with Gasteiger partial charge in [-0.25, -0.2) is 4.39 Å². The summed E-state index contributed by atoms with van der Waals surface area (Å²) < 4.78 is 15.0. The quantitative estimate of drug-likeness (QED) is 0.692. The van der Waals surface area contributed by atoms with Gasteiger partial charge >= 0.3 is 0 Å². The van der Waals surface area contributed by atoms with Gasteiger partial charge in [0.2, 0.25) is 6.54 Å². The number of pyridine rings is 1. The lowest BCUT2D eigenvalue weighted by atomic mass is 10.2. The van der Waals surface area contributed by atoms with Crippen molar-refractivity contribution in [2.45, 2.75) is 20.4 Å². The number of carbonyl (C=O) groups excluding carboxylic acids is 2. The van der Waals surface area contributed by atoms with Crippen LogP contribution >= 0.6 is 0 Å². The van der Waals surface area contributed by atoms with E-state index >= 15 is 0 Å². The van der Waals surface area contributed by atoms with E-state index in [0.717, 1.165) is 0 Å². The van der Waals surface area contributed by atoms with E-state index in [2.05, 4.69) is 5.32 Å². The number of ketones is 1. The van der Waals surface area contributed by atoms with E-state index in [1.807, 2.05) is 0 Å². The van der Waals surface area contributed by atoms with E-state index in [4.69, 9.17) is 0 Å². The Kier molecular flexibility index (Phi) is 4.42. The molecule has 0 radical (unpaired) electrons. The van der Waals surface area contributed by atoms with Crippen molar-refractivity contribution in [2.75, 3.05) is 5.32 Å². The fraction of sp³-hybridized carbons (Fsp3) is 0.188. The third-order valence-corrected chi connectivity index (χ3v) is 3.05. The van der Waals surface area contributed by atoms with Gasteiger partial charge in [-0.1, -0.05) is 6.07 Å². The van der Waals surface area contributed by atoms with E-state index < -0.39 is 0 Å². The lowest BCUT2D eigenvalue weighted by Crippen LogP contribution is -2.40. The molecule has 0 unspecified atom stereocenters. The van der Waals surface area contributed by atoms with E-state index in [9.17, 15) is 14.0 Å². The van der Waals surface area contributed by atoms with Crippen LogP contribution in [0.1, 0.15) is 22.8 Å². The topological polar surface area (TPSA) is 50.0 Å². The van der Waals surface area contributed by atoms with E-state index in [0.29, 0.717) is 16.8 Å². The maximum Gasteiger partial charge on any atom is 0.290 e. The van der Waals surface area contributed by atoms with E-state index in [-0.39, 0.29) is 24.1 Å². The van der Waals surface area contributed by atoms with Gasteiger partial charge in [0.1, 0.15) is 5.82 Å². The number of rotatable bonds is 4. The number of halogens is 1. The summed E-state index contributed by atoms with van der Waals surface area (Å²) >= 11 is 0. The third-order valence-electron chi connectivity index (χ3n) is 3.05. The molecule has 0 atom stereocenters. The molecule has 0 saturated carbocycles. The van der Waals surface area contributed by atoms with Crippen molar-refractivity contribution in [1.29, 1.82) is 0 Å². The fourth-order valence-corrected chi connectivity index (χ4v) is 1.87. The Morgan fingerprint density at radius 1 is 1.29 bits per heavy atom. The number of nitrogens with one attached hydrogen (secondary N) is 1. The number of Topliss-reactive ketones (excluding diaryl/α,β-unsaturated/α-hetero) is 1. The van der Waals surface area contributed by atoms with Gasteiger partial charge < -0.3 is 5.32 Å². The summed E-state index contributed by atoms with van der Waals surface area (Å²) in [5.74, 6) is -0.714. The van der Waals surface area contributed by atoms with Crippen molar-refractivity contribution in [2.24, 2.45) is 0 Å². The number of aromatic nitrogens is 1. The molecule has 2 rings (SSSR count). The molecule has 0 aliphatic rings. The molecule has 1 N–H and O–H groups in total. The van der Waals surface area contributed by atoms with Gasteiger partial charge in [0.05, 0.1) is 5.56 Å². The highest BCUT2D eigenvalue weighted by atomic mass is 19.1. The first-order chi connectivity index (χ1) is 9.95. The molecule has 0 bridgehead atoms. The van der Waals surface area contributed by atoms with Gasteiger partial charge in [-0.2, -0.15) is 4.57 Å². The Labute approximate surface area is 122 Å². The molecule has 1 aromatic carbocycles. The van der Waals surface area contributed by atoms with Crippen LogP contribution in [0.4, 0.5) is 10.1 Å². The largest absolute Gasteiger partial charge is 0.320 e. The molecule has 5 heteroatoms. The molecule has 4 nitrogen and oxygen atoms in total. The number of nitrogens with zero attached hydrogens (tertiary/aromatic N) is 1. The van der Waals surface area contributed by atoms with Crippen molar-refractivity contribution in [3.8, 4) is 0 Å². The summed E-state index contributed by atoms with van der Waals surface area (Å²) in [5.41, 5.74) is 1.47. The Hall–Kier alpha value is -2.56. The molecule has 0 spiro atoms. The van der Waals surface area contributed by atoms with Crippen LogP contribution in [0.15, 0.2) is 42.7 Å². The average molecular weight is 287 g/mol. The van der Waals surface area contributed by atoms with Crippen LogP contribution in [0.3, 0.4) is 0 Å². The predicted octanol–water partition coefficient (Wildman–Crippen LogP) is 2.26. The Morgan fingerprint density at radius 2 is 2.05 bits per heavy atom. The summed E-state index contributed by atoms with van der Waals surface area (Å²) in [6.45, 7) is 3.18. The zero-order chi connectivity index (χ0) is 15.4. The Morgan fingerprint density at radius 3 is 2.71 bits per heavy atom. The summed E-state index contributed by atoms with van der Waals surface area (Å²) in [5, 5.41) is 2.62. The highest BCUT2D eigenvalue weighted by Gasteiger charge is 2.12. The summed E-state index contributed by atoms with van der Waals surface area (Å²) in [6.07, 6.45) is 3.30. The smallest absolute Gasteiger partial charge is 0.290 e. The predicted molar refractivity (Wildman–Crippen MR) is 76.4 cm³/mol. The molecule has 108 valence electrons. The van der Waals surface area contributed by atoms with Crippen molar-refractivity contribution in [3.05, 3.63) is 59.7 Å². The average Bonchev–Trinajstić information content (AvgIpc) is 2.43. The zero-order valence-corrected chi connectivity index (χ0v) is 11.9. The van der Waals surface area contributed by atoms with Gasteiger partial charge in [0, 0.05) is 11.8 Å². The second-order valence-electron chi connectivity index (χ2n) is 4.83. The number of carbonyl (C=O) groups is 2. The Balaban J connectivity index is 2.06. The number of hydrogen-bond acceptors (Lipinski definition) is 2. The van der Waals surface area contributed by atoms with Crippen LogP contribution in [0.25, 0.3) is 0 Å². The van der Waals surface area contributed by atoms with Crippen molar-refractivity contribution < 1.29 is 18.5 Å². The minimum Gasteiger partial charge on any atom is -0.320 e. The molecule has 1 heterocycles. The van der Waals surface area contributed by atoms with Gasteiger partial charge in [-0.3, -0.25) is 9.59 Å². The molecule has 0 saturated heterocycles. The molecular formula is C16H16FN2O2+. The summed E-state index contributed by atoms with van der Waals surface area (Å²) in [7, 11) is 0. The summed E-state index contributed by atoms with van der Waals surface area (Å²) in [4.78, 5) is 23.2. The second-order valence-corrected chi connectivity index (χ2v) is 4.83. The maximum absolute atomic E-state index is 13.4. The standard InChI is InChI=1S/C16H15FN2O2/c1-11-5-6-14(8-15(11)17)18-16(21)10-19-7-3-4-13(9-19)12(2)20/h3-9H,10H2,1-2H3/p+1. The van der Waals surface area contributed by atoms with Crippen LogP contribution in [-0.2, 0) is 11.3 Å². The third kappa shape index (κ3) is 3.95. The van der Waals surface area contributed by atoms with Crippen LogP contribution < -0.4 is 9.88 Å². The minimum atomic E-state index is -0.362. The van der Waals surface area contributed by atoms with Gasteiger partial charge in [0.15, 0.2) is 18.2 Å². The van der Waals surface area contributed by atoms with Crippen molar-refractivity contribution in [3.63, 3.8) is 0 Å². The summed E-state index contributed by atoms with van der Waals surface area (Å²) in [6, 6.07) is 7.92. The second kappa shape index (κ2) is 6.26. The number of benzene rings is 1. The van der Waals surface area contributed by atoms with Crippen LogP contribution in [0.5, 0.6) is 0 Å². The highest BCUT2D eigenvalue weighted by Crippen LogP contribution is 2.13. The number of anilines is 1. The van der Waals surface area contributed by atoms with Crippen LogP contribution in [0, 0.1) is 12.7 Å². The maximum atomic E-state index is 13.4. The monoisotopic (exact) mass is 287 g/mol. The van der Waals surface area contributed by atoms with Crippen LogP contribution in [0.2, 0.25) is 0 Å². The molecule has 1 amide bonds. The normalized spacial score (nSPS) is 10.2. The molecular weight excluding hydrogens is 271 g/mol. The Bertz CT molecular complexity index is 698. The van der Waals surface area contributed by atoms with Crippen molar-refractivity contribution in [1.82, 2.24) is 0 Å². The molecule has 0 fully saturated rings. The number of hydrogen-bond donors (Lipinski definition) is 1. The van der Waals surface area contributed by atoms with Gasteiger partial charge in [0.25, 0.3) is 5.91 Å². The SMILES string of the molecule is CC(=O)c1ccc[n+](CC(=O)Nc2ccc(C)c(F)c2)c1. The lowest BCUT2D eigenvalue weighted by Gasteiger charge is -2.05. The number of aryl methyl sites for hydroxylation is 1. The van der Waals surface area contributed by atoms with Crippen molar-refractivity contribution >= 4 is 17.4 Å². The first-order valence-electron chi connectivity index (χ1n) is 6.52. The first kappa shape index (κ1) is 14.8. The lowest BCUT2D eigenvalue weighted by molar-refractivity contribution is -0.684. The van der Waals surface area contributed by atoms with Gasteiger partial charge in [-0.15, -0.1) is 0 Å².